The molecule has 1 aliphatic heterocycles. The number of halogens is 1. The van der Waals surface area contributed by atoms with Crippen LogP contribution in [-0.2, 0) is 6.42 Å². The first-order chi connectivity index (χ1) is 9.10. The number of hydrogen-bond donors (Lipinski definition) is 1. The second-order valence-electron chi connectivity index (χ2n) is 4.89. The third-order valence-corrected chi connectivity index (χ3v) is 3.63. The van der Waals surface area contributed by atoms with E-state index in [0.29, 0.717) is 19.0 Å². The molecule has 1 aromatic carbocycles. The molecule has 1 aromatic rings. The highest BCUT2D eigenvalue weighted by Crippen LogP contribution is 2.24. The number of methoxy groups -OCH3 is 1. The number of amides is 1. The SMILES string of the molecule is COc1ccc(CC2CCN(C(=O)O)CC2)cc1F. The number of hydrogen-bond acceptors (Lipinski definition) is 2. The second kappa shape index (κ2) is 5.91. The molecule has 19 heavy (non-hydrogen) atoms. The standard InChI is InChI=1S/C14H18FNO3/c1-19-13-3-2-11(9-12(13)15)8-10-4-6-16(7-5-10)14(17)18/h2-3,9-10H,4-8H2,1H3,(H,17,18). The van der Waals surface area contributed by atoms with E-state index in [4.69, 9.17) is 9.84 Å². The first-order valence-corrected chi connectivity index (χ1v) is 6.40. The molecule has 1 heterocycles. The Kier molecular flexibility index (Phi) is 4.24. The number of nitrogens with zero attached hydrogens (tertiary/aromatic N) is 1. The molecule has 2 rings (SSSR count). The zero-order chi connectivity index (χ0) is 13.8. The van der Waals surface area contributed by atoms with Crippen LogP contribution in [0.3, 0.4) is 0 Å². The monoisotopic (exact) mass is 267 g/mol. The third-order valence-electron chi connectivity index (χ3n) is 3.63. The van der Waals surface area contributed by atoms with Crippen molar-refractivity contribution in [3.63, 3.8) is 0 Å². The Morgan fingerprint density at radius 1 is 1.47 bits per heavy atom. The Balaban J connectivity index is 1.92. The molecule has 0 radical (unpaired) electrons. The summed E-state index contributed by atoms with van der Waals surface area (Å²) in [6.45, 7) is 1.14. The van der Waals surface area contributed by atoms with Crippen LogP contribution in [0.5, 0.6) is 5.75 Å². The molecule has 0 saturated carbocycles. The summed E-state index contributed by atoms with van der Waals surface area (Å²) in [5, 5.41) is 8.87. The molecule has 1 fully saturated rings. The average Bonchev–Trinajstić information content (AvgIpc) is 2.39. The van der Waals surface area contributed by atoms with Crippen LogP contribution in [0.25, 0.3) is 0 Å². The lowest BCUT2D eigenvalue weighted by molar-refractivity contribution is 0.124. The Morgan fingerprint density at radius 3 is 2.68 bits per heavy atom. The van der Waals surface area contributed by atoms with E-state index in [1.807, 2.05) is 6.07 Å². The first kappa shape index (κ1) is 13.6. The summed E-state index contributed by atoms with van der Waals surface area (Å²) in [5.41, 5.74) is 0.937. The summed E-state index contributed by atoms with van der Waals surface area (Å²) in [6, 6.07) is 5.00. The van der Waals surface area contributed by atoms with Gasteiger partial charge >= 0.3 is 6.09 Å². The average molecular weight is 267 g/mol. The molecule has 5 heteroatoms. The first-order valence-electron chi connectivity index (χ1n) is 6.40. The van der Waals surface area contributed by atoms with Gasteiger partial charge in [0.05, 0.1) is 7.11 Å². The number of ether oxygens (including phenoxy) is 1. The fraction of sp³-hybridized carbons (Fsp3) is 0.500. The Bertz CT molecular complexity index is 456. The number of carbonyl (C=O) groups is 1. The van der Waals surface area contributed by atoms with Crippen molar-refractivity contribution in [1.82, 2.24) is 4.90 Å². The lowest BCUT2D eigenvalue weighted by Crippen LogP contribution is -2.37. The van der Waals surface area contributed by atoms with E-state index >= 15 is 0 Å². The van der Waals surface area contributed by atoms with Gasteiger partial charge in [0, 0.05) is 13.1 Å². The van der Waals surface area contributed by atoms with E-state index in [2.05, 4.69) is 0 Å². The number of benzene rings is 1. The van der Waals surface area contributed by atoms with Crippen LogP contribution in [0.4, 0.5) is 9.18 Å². The Hall–Kier alpha value is -1.78. The molecule has 1 aliphatic rings. The van der Waals surface area contributed by atoms with Crippen molar-refractivity contribution in [3.8, 4) is 5.75 Å². The molecule has 0 spiro atoms. The molecule has 1 N–H and O–H groups in total. The van der Waals surface area contributed by atoms with Crippen molar-refractivity contribution in [2.45, 2.75) is 19.3 Å². The molecule has 1 saturated heterocycles. The van der Waals surface area contributed by atoms with E-state index in [0.717, 1.165) is 24.8 Å². The highest BCUT2D eigenvalue weighted by atomic mass is 19.1. The number of likely N-dealkylation sites (tertiary alicyclic amines) is 1. The largest absolute Gasteiger partial charge is 0.494 e. The predicted octanol–water partition coefficient (Wildman–Crippen LogP) is 2.77. The van der Waals surface area contributed by atoms with Gasteiger partial charge in [-0.1, -0.05) is 6.07 Å². The smallest absolute Gasteiger partial charge is 0.407 e. The molecule has 4 nitrogen and oxygen atoms in total. The molecule has 1 amide bonds. The third kappa shape index (κ3) is 3.36. The number of carboxylic acid groups (broad SMARTS) is 1. The summed E-state index contributed by atoms with van der Waals surface area (Å²) in [6.07, 6.45) is 1.60. The van der Waals surface area contributed by atoms with Gasteiger partial charge in [-0.25, -0.2) is 9.18 Å². The van der Waals surface area contributed by atoms with Crippen molar-refractivity contribution < 1.29 is 19.0 Å². The van der Waals surface area contributed by atoms with Gasteiger partial charge in [-0.2, -0.15) is 0 Å². The Morgan fingerprint density at radius 2 is 2.16 bits per heavy atom. The zero-order valence-corrected chi connectivity index (χ0v) is 10.9. The molecule has 0 aromatic heterocycles. The highest BCUT2D eigenvalue weighted by molar-refractivity contribution is 5.64. The van der Waals surface area contributed by atoms with Crippen molar-refractivity contribution in [2.24, 2.45) is 5.92 Å². The van der Waals surface area contributed by atoms with Crippen molar-refractivity contribution in [3.05, 3.63) is 29.6 Å². The quantitative estimate of drug-likeness (QED) is 0.916. The van der Waals surface area contributed by atoms with Gasteiger partial charge in [0.15, 0.2) is 11.6 Å². The highest BCUT2D eigenvalue weighted by Gasteiger charge is 2.22. The van der Waals surface area contributed by atoms with Crippen LogP contribution >= 0.6 is 0 Å². The Labute approximate surface area is 111 Å². The minimum Gasteiger partial charge on any atom is -0.494 e. The van der Waals surface area contributed by atoms with E-state index in [1.165, 1.54) is 18.1 Å². The summed E-state index contributed by atoms with van der Waals surface area (Å²) in [5.74, 6) is 0.329. The topological polar surface area (TPSA) is 49.8 Å². The molecule has 0 aliphatic carbocycles. The predicted molar refractivity (Wildman–Crippen MR) is 69.0 cm³/mol. The zero-order valence-electron chi connectivity index (χ0n) is 10.9. The summed E-state index contributed by atoms with van der Waals surface area (Å²) in [7, 11) is 1.44. The summed E-state index contributed by atoms with van der Waals surface area (Å²) in [4.78, 5) is 12.2. The fourth-order valence-electron chi connectivity index (χ4n) is 2.50. The number of piperidine rings is 1. The van der Waals surface area contributed by atoms with Gasteiger partial charge in [-0.15, -0.1) is 0 Å². The summed E-state index contributed by atoms with van der Waals surface area (Å²) < 4.78 is 18.4. The maximum absolute atomic E-state index is 13.6. The van der Waals surface area contributed by atoms with Gasteiger partial charge in [0.2, 0.25) is 0 Å². The lowest BCUT2D eigenvalue weighted by atomic mass is 9.90. The van der Waals surface area contributed by atoms with Crippen LogP contribution in [0, 0.1) is 11.7 Å². The van der Waals surface area contributed by atoms with Gasteiger partial charge in [-0.3, -0.25) is 0 Å². The second-order valence-corrected chi connectivity index (χ2v) is 4.89. The van der Waals surface area contributed by atoms with E-state index in [1.54, 1.807) is 6.07 Å². The number of rotatable bonds is 3. The molecular weight excluding hydrogens is 249 g/mol. The maximum Gasteiger partial charge on any atom is 0.407 e. The molecule has 0 atom stereocenters. The van der Waals surface area contributed by atoms with E-state index < -0.39 is 6.09 Å². The van der Waals surface area contributed by atoms with Crippen LogP contribution in [-0.4, -0.2) is 36.3 Å². The summed E-state index contributed by atoms with van der Waals surface area (Å²) >= 11 is 0. The fourth-order valence-corrected chi connectivity index (χ4v) is 2.50. The minimum absolute atomic E-state index is 0.254. The van der Waals surface area contributed by atoms with Crippen molar-refractivity contribution >= 4 is 6.09 Å². The van der Waals surface area contributed by atoms with Gasteiger partial charge in [0.25, 0.3) is 0 Å². The van der Waals surface area contributed by atoms with E-state index in [-0.39, 0.29) is 11.6 Å². The van der Waals surface area contributed by atoms with Crippen LogP contribution in [0.1, 0.15) is 18.4 Å². The molecule has 104 valence electrons. The van der Waals surface area contributed by atoms with Crippen LogP contribution in [0.15, 0.2) is 18.2 Å². The maximum atomic E-state index is 13.6. The van der Waals surface area contributed by atoms with Gasteiger partial charge in [-0.05, 0) is 42.9 Å². The van der Waals surface area contributed by atoms with Crippen molar-refractivity contribution in [2.75, 3.05) is 20.2 Å². The van der Waals surface area contributed by atoms with Gasteiger partial charge < -0.3 is 14.7 Å². The van der Waals surface area contributed by atoms with Gasteiger partial charge in [0.1, 0.15) is 0 Å². The lowest BCUT2D eigenvalue weighted by Gasteiger charge is -2.30. The van der Waals surface area contributed by atoms with Crippen LogP contribution < -0.4 is 4.74 Å². The molecular formula is C14H18FNO3. The molecule has 0 unspecified atom stereocenters. The van der Waals surface area contributed by atoms with E-state index in [9.17, 15) is 9.18 Å². The normalized spacial score (nSPS) is 16.4. The molecule has 0 bridgehead atoms. The van der Waals surface area contributed by atoms with Crippen LogP contribution in [0.2, 0.25) is 0 Å². The van der Waals surface area contributed by atoms with Crippen molar-refractivity contribution in [1.29, 1.82) is 0 Å². The minimum atomic E-state index is -0.853.